The Kier molecular flexibility index (Phi) is 5.06. The van der Waals surface area contributed by atoms with Crippen LogP contribution >= 0.6 is 11.6 Å². The maximum atomic E-state index is 12.4. The van der Waals surface area contributed by atoms with Gasteiger partial charge in [0.05, 0.1) is 24.1 Å². The van der Waals surface area contributed by atoms with Crippen molar-refractivity contribution in [2.24, 2.45) is 5.73 Å². The number of carbonyl (C=O) groups excluding carboxylic acids is 1. The molecule has 1 unspecified atom stereocenters. The van der Waals surface area contributed by atoms with Crippen LogP contribution in [0, 0.1) is 11.3 Å². The number of pyridine rings is 1. The number of nitriles is 1. The van der Waals surface area contributed by atoms with E-state index in [9.17, 15) is 10.1 Å². The first kappa shape index (κ1) is 18.7. The second-order valence-corrected chi connectivity index (χ2v) is 6.49. The molecule has 2 aromatic rings. The largest absolute Gasteiger partial charge is 0.466 e. The van der Waals surface area contributed by atoms with E-state index in [-0.39, 0.29) is 27.9 Å². The third kappa shape index (κ3) is 3.22. The van der Waals surface area contributed by atoms with Gasteiger partial charge in [-0.05, 0) is 37.1 Å². The number of benzene rings is 1. The van der Waals surface area contributed by atoms with E-state index < -0.39 is 11.9 Å². The van der Waals surface area contributed by atoms with Crippen molar-refractivity contribution >= 4 is 28.5 Å². The summed E-state index contributed by atoms with van der Waals surface area (Å²) in [6, 6.07) is 9.76. The number of nitrogens with zero attached hydrogens (tertiary/aromatic N) is 2. The Balaban J connectivity index is 2.29. The van der Waals surface area contributed by atoms with Crippen molar-refractivity contribution in [3.05, 3.63) is 63.3 Å². The van der Waals surface area contributed by atoms with Gasteiger partial charge in [0.25, 0.3) is 0 Å². The molecule has 2 heterocycles. The van der Waals surface area contributed by atoms with Gasteiger partial charge in [0.2, 0.25) is 5.88 Å². The van der Waals surface area contributed by atoms with E-state index in [1.165, 1.54) is 7.11 Å². The van der Waals surface area contributed by atoms with Crippen LogP contribution in [0.2, 0.25) is 5.15 Å². The zero-order valence-electron chi connectivity index (χ0n) is 15.2. The van der Waals surface area contributed by atoms with E-state index >= 15 is 0 Å². The lowest BCUT2D eigenvalue weighted by Crippen LogP contribution is -2.25. The van der Waals surface area contributed by atoms with Gasteiger partial charge in [-0.1, -0.05) is 24.6 Å². The minimum Gasteiger partial charge on any atom is -0.466 e. The Hall–Kier alpha value is -3.04. The number of aryl methyl sites for hydroxylation is 1. The summed E-state index contributed by atoms with van der Waals surface area (Å²) in [5, 5.41) is 10.7. The molecule has 3 rings (SSSR count). The van der Waals surface area contributed by atoms with Crippen molar-refractivity contribution in [1.82, 2.24) is 4.98 Å². The van der Waals surface area contributed by atoms with Crippen molar-refractivity contribution < 1.29 is 14.3 Å². The highest BCUT2D eigenvalue weighted by atomic mass is 35.5. The second kappa shape index (κ2) is 7.29. The molecule has 0 saturated heterocycles. The normalized spacial score (nSPS) is 16.9. The van der Waals surface area contributed by atoms with Crippen LogP contribution in [0.1, 0.15) is 30.9 Å². The quantitative estimate of drug-likeness (QED) is 0.640. The molecule has 0 saturated carbocycles. The number of esters is 1. The fourth-order valence-electron chi connectivity index (χ4n) is 3.21. The summed E-state index contributed by atoms with van der Waals surface area (Å²) in [5.74, 6) is -1.23. The number of ether oxygens (including phenoxy) is 2. The lowest BCUT2D eigenvalue weighted by Gasteiger charge is -2.27. The molecular formula is C20H18ClN3O3. The molecule has 1 aromatic heterocycles. The minimum atomic E-state index is -0.814. The lowest BCUT2D eigenvalue weighted by molar-refractivity contribution is -0.136. The van der Waals surface area contributed by atoms with Crippen LogP contribution < -0.4 is 5.73 Å². The van der Waals surface area contributed by atoms with Crippen molar-refractivity contribution in [2.75, 3.05) is 7.11 Å². The number of carbonyl (C=O) groups is 1. The number of aromatic nitrogens is 1. The molecule has 1 aromatic carbocycles. The second-order valence-electron chi connectivity index (χ2n) is 6.14. The van der Waals surface area contributed by atoms with E-state index in [0.29, 0.717) is 5.56 Å². The molecule has 0 amide bonds. The fraction of sp³-hybridized carbons (Fsp3) is 0.250. The van der Waals surface area contributed by atoms with Crippen molar-refractivity contribution in [3.8, 4) is 6.07 Å². The smallest absolute Gasteiger partial charge is 0.338 e. The Bertz CT molecular complexity index is 1050. The van der Waals surface area contributed by atoms with Crippen LogP contribution in [0.3, 0.4) is 0 Å². The number of allylic oxidation sites excluding steroid dienone is 2. The van der Waals surface area contributed by atoms with Gasteiger partial charge in [0.15, 0.2) is 0 Å². The molecule has 0 fully saturated rings. The minimum absolute atomic E-state index is 0.0638. The van der Waals surface area contributed by atoms with Crippen LogP contribution in [0.15, 0.2) is 47.1 Å². The summed E-state index contributed by atoms with van der Waals surface area (Å²) in [4.78, 5) is 16.8. The molecule has 27 heavy (non-hydrogen) atoms. The van der Waals surface area contributed by atoms with E-state index in [4.69, 9.17) is 26.8 Å². The van der Waals surface area contributed by atoms with Gasteiger partial charge in [-0.2, -0.15) is 5.26 Å². The van der Waals surface area contributed by atoms with Crippen LogP contribution in [0.4, 0.5) is 0 Å². The molecule has 0 aliphatic carbocycles. The summed E-state index contributed by atoms with van der Waals surface area (Å²) < 4.78 is 10.3. The first-order valence-corrected chi connectivity index (χ1v) is 8.74. The molecule has 6 nitrogen and oxygen atoms in total. The summed E-state index contributed by atoms with van der Waals surface area (Å²) in [6.07, 6.45) is 0.869. The average molecular weight is 384 g/mol. The summed E-state index contributed by atoms with van der Waals surface area (Å²) in [5.41, 5.74) is 8.54. The first-order valence-electron chi connectivity index (χ1n) is 8.37. The maximum Gasteiger partial charge on any atom is 0.338 e. The molecule has 0 bridgehead atoms. The fourth-order valence-corrected chi connectivity index (χ4v) is 3.46. The zero-order chi connectivity index (χ0) is 19.7. The van der Waals surface area contributed by atoms with Crippen LogP contribution in [0.5, 0.6) is 0 Å². The maximum absolute atomic E-state index is 12.4. The zero-order valence-corrected chi connectivity index (χ0v) is 15.9. The molecular weight excluding hydrogens is 366 g/mol. The number of nitrogens with two attached hydrogens (primary N) is 1. The highest BCUT2D eigenvalue weighted by Gasteiger charge is 2.37. The van der Waals surface area contributed by atoms with Crippen molar-refractivity contribution in [2.45, 2.75) is 26.2 Å². The Labute approximate surface area is 161 Å². The Morgan fingerprint density at radius 1 is 1.44 bits per heavy atom. The van der Waals surface area contributed by atoms with Crippen LogP contribution in [-0.4, -0.2) is 18.1 Å². The Morgan fingerprint density at radius 3 is 2.81 bits per heavy atom. The SMILES string of the molecule is CCc1ccc2nc(Cl)c(C3C(C#N)=C(N)OC(C)=C3C(=O)OC)cc2c1. The predicted molar refractivity (Wildman–Crippen MR) is 101 cm³/mol. The topological polar surface area (TPSA) is 98.2 Å². The summed E-state index contributed by atoms with van der Waals surface area (Å²) in [6.45, 7) is 3.65. The van der Waals surface area contributed by atoms with Crippen molar-refractivity contribution in [3.63, 3.8) is 0 Å². The third-order valence-corrected chi connectivity index (χ3v) is 4.89. The highest BCUT2D eigenvalue weighted by molar-refractivity contribution is 6.30. The van der Waals surface area contributed by atoms with E-state index in [1.54, 1.807) is 6.92 Å². The average Bonchev–Trinajstić information content (AvgIpc) is 2.66. The number of hydrogen-bond donors (Lipinski definition) is 1. The molecule has 0 radical (unpaired) electrons. The third-order valence-electron chi connectivity index (χ3n) is 4.59. The van der Waals surface area contributed by atoms with Gasteiger partial charge in [0, 0.05) is 10.9 Å². The van der Waals surface area contributed by atoms with Crippen molar-refractivity contribution in [1.29, 1.82) is 5.26 Å². The first-order chi connectivity index (χ1) is 12.9. The predicted octanol–water partition coefficient (Wildman–Crippen LogP) is 3.71. The van der Waals surface area contributed by atoms with Gasteiger partial charge < -0.3 is 15.2 Å². The van der Waals surface area contributed by atoms with Crippen LogP contribution in [-0.2, 0) is 20.7 Å². The van der Waals surface area contributed by atoms with Gasteiger partial charge in [0.1, 0.15) is 22.6 Å². The molecule has 1 aliphatic rings. The molecule has 7 heteroatoms. The number of rotatable bonds is 3. The summed E-state index contributed by atoms with van der Waals surface area (Å²) >= 11 is 6.44. The van der Waals surface area contributed by atoms with E-state index in [0.717, 1.165) is 22.9 Å². The molecule has 1 aliphatic heterocycles. The molecule has 0 spiro atoms. The summed E-state index contributed by atoms with van der Waals surface area (Å²) in [7, 11) is 1.27. The molecule has 2 N–H and O–H groups in total. The number of methoxy groups -OCH3 is 1. The number of fused-ring (bicyclic) bond motifs is 1. The van der Waals surface area contributed by atoms with E-state index in [1.807, 2.05) is 30.3 Å². The van der Waals surface area contributed by atoms with Gasteiger partial charge in [-0.25, -0.2) is 9.78 Å². The van der Waals surface area contributed by atoms with Crippen LogP contribution in [0.25, 0.3) is 10.9 Å². The van der Waals surface area contributed by atoms with Gasteiger partial charge in [-0.15, -0.1) is 0 Å². The van der Waals surface area contributed by atoms with E-state index in [2.05, 4.69) is 11.9 Å². The monoisotopic (exact) mass is 383 g/mol. The van der Waals surface area contributed by atoms with Gasteiger partial charge >= 0.3 is 5.97 Å². The van der Waals surface area contributed by atoms with Gasteiger partial charge in [-0.3, -0.25) is 0 Å². The lowest BCUT2D eigenvalue weighted by atomic mass is 9.83. The Morgan fingerprint density at radius 2 is 2.19 bits per heavy atom. The number of halogens is 1. The number of hydrogen-bond acceptors (Lipinski definition) is 6. The highest BCUT2D eigenvalue weighted by Crippen LogP contribution is 2.42. The standard InChI is InChI=1S/C20H18ClN3O3/c1-4-11-5-6-15-12(7-11)8-13(18(21)24-15)17-14(9-22)19(23)27-10(2)16(17)20(25)26-3/h5-8,17H,4,23H2,1-3H3. The molecule has 138 valence electrons. The molecule has 1 atom stereocenters.